The van der Waals surface area contributed by atoms with Crippen molar-refractivity contribution in [1.82, 2.24) is 0 Å². The number of aliphatic hydroxyl groups excluding tert-OH is 1. The summed E-state index contributed by atoms with van der Waals surface area (Å²) in [4.78, 5) is 11.9. The van der Waals surface area contributed by atoms with Gasteiger partial charge in [0, 0.05) is 6.42 Å². The molecular formula is C26H42O3. The van der Waals surface area contributed by atoms with Crippen LogP contribution in [0.15, 0.2) is 11.6 Å². The fourth-order valence-corrected chi connectivity index (χ4v) is 8.47. The van der Waals surface area contributed by atoms with Crippen LogP contribution in [-0.4, -0.2) is 23.8 Å². The van der Waals surface area contributed by atoms with Crippen molar-refractivity contribution in [3.63, 3.8) is 0 Å². The van der Waals surface area contributed by atoms with Gasteiger partial charge in [0.15, 0.2) is 0 Å². The second-order valence-electron chi connectivity index (χ2n) is 11.2. The molecule has 0 aromatic carbocycles. The van der Waals surface area contributed by atoms with Gasteiger partial charge in [0.1, 0.15) is 0 Å². The second-order valence-corrected chi connectivity index (χ2v) is 11.2. The van der Waals surface area contributed by atoms with Crippen LogP contribution in [0.1, 0.15) is 91.9 Å². The molecule has 0 aromatic heterocycles. The van der Waals surface area contributed by atoms with E-state index in [4.69, 9.17) is 4.74 Å². The third kappa shape index (κ3) is 3.60. The van der Waals surface area contributed by atoms with E-state index < -0.39 is 0 Å². The van der Waals surface area contributed by atoms with E-state index in [0.717, 1.165) is 36.5 Å². The first-order valence-electron chi connectivity index (χ1n) is 12.3. The molecule has 0 spiro atoms. The van der Waals surface area contributed by atoms with Gasteiger partial charge in [-0.15, -0.1) is 0 Å². The normalized spacial score (nSPS) is 44.9. The van der Waals surface area contributed by atoms with Crippen molar-refractivity contribution in [3.05, 3.63) is 11.6 Å². The van der Waals surface area contributed by atoms with Crippen molar-refractivity contribution in [1.29, 1.82) is 0 Å². The van der Waals surface area contributed by atoms with Gasteiger partial charge < -0.3 is 9.84 Å². The molecule has 3 nitrogen and oxygen atoms in total. The van der Waals surface area contributed by atoms with E-state index in [1.807, 2.05) is 6.92 Å². The summed E-state index contributed by atoms with van der Waals surface area (Å²) >= 11 is 0. The first-order valence-corrected chi connectivity index (χ1v) is 12.3. The second kappa shape index (κ2) is 8.02. The lowest BCUT2D eigenvalue weighted by atomic mass is 9.46. The lowest BCUT2D eigenvalue weighted by Crippen LogP contribution is -2.51. The van der Waals surface area contributed by atoms with Crippen molar-refractivity contribution < 1.29 is 14.6 Å². The van der Waals surface area contributed by atoms with Gasteiger partial charge in [-0.25, -0.2) is 0 Å². The highest BCUT2D eigenvalue weighted by Gasteiger charge is 2.59. The molecule has 4 aliphatic carbocycles. The lowest BCUT2D eigenvalue weighted by molar-refractivity contribution is -0.143. The van der Waals surface area contributed by atoms with E-state index in [1.54, 1.807) is 5.57 Å². The van der Waals surface area contributed by atoms with Crippen LogP contribution in [0.2, 0.25) is 0 Å². The Bertz CT molecular complexity index is 654. The fraction of sp³-hybridized carbons (Fsp3) is 0.885. The molecule has 0 aliphatic heterocycles. The molecule has 8 atom stereocenters. The van der Waals surface area contributed by atoms with E-state index in [9.17, 15) is 9.90 Å². The van der Waals surface area contributed by atoms with Gasteiger partial charge in [0.25, 0.3) is 0 Å². The van der Waals surface area contributed by atoms with E-state index in [-0.39, 0.29) is 12.1 Å². The molecule has 3 fully saturated rings. The Kier molecular flexibility index (Phi) is 5.92. The Labute approximate surface area is 177 Å². The zero-order valence-corrected chi connectivity index (χ0v) is 19.1. The summed E-state index contributed by atoms with van der Waals surface area (Å²) in [6.45, 7) is 9.87. The summed E-state index contributed by atoms with van der Waals surface area (Å²) in [5, 5.41) is 10.2. The molecule has 0 bridgehead atoms. The first kappa shape index (κ1) is 21.4. The smallest absolute Gasteiger partial charge is 0.305 e. The van der Waals surface area contributed by atoms with Gasteiger partial charge in [-0.05, 0) is 105 Å². The monoisotopic (exact) mass is 402 g/mol. The van der Waals surface area contributed by atoms with Crippen molar-refractivity contribution in [2.75, 3.05) is 6.61 Å². The number of ether oxygens (including phenoxy) is 1. The highest BCUT2D eigenvalue weighted by Crippen LogP contribution is 2.67. The highest BCUT2D eigenvalue weighted by atomic mass is 16.5. The Morgan fingerprint density at radius 2 is 1.97 bits per heavy atom. The minimum atomic E-state index is -0.209. The van der Waals surface area contributed by atoms with Gasteiger partial charge in [0.2, 0.25) is 0 Å². The van der Waals surface area contributed by atoms with Crippen molar-refractivity contribution >= 4 is 5.97 Å². The summed E-state index contributed by atoms with van der Waals surface area (Å²) in [6.07, 6.45) is 13.6. The Balaban J connectivity index is 1.47. The molecule has 164 valence electrons. The van der Waals surface area contributed by atoms with Crippen LogP contribution in [0.25, 0.3) is 0 Å². The summed E-state index contributed by atoms with van der Waals surface area (Å²) in [7, 11) is 0. The third-order valence-corrected chi connectivity index (χ3v) is 9.96. The van der Waals surface area contributed by atoms with Gasteiger partial charge >= 0.3 is 5.97 Å². The molecule has 4 aliphatic rings. The topological polar surface area (TPSA) is 46.5 Å². The molecule has 0 heterocycles. The zero-order valence-electron chi connectivity index (χ0n) is 19.1. The molecule has 4 unspecified atom stereocenters. The van der Waals surface area contributed by atoms with E-state index in [2.05, 4.69) is 26.8 Å². The molecule has 0 radical (unpaired) electrons. The highest BCUT2D eigenvalue weighted by molar-refractivity contribution is 5.69. The van der Waals surface area contributed by atoms with Gasteiger partial charge in [-0.2, -0.15) is 0 Å². The summed E-state index contributed by atoms with van der Waals surface area (Å²) in [5.74, 6) is 3.84. The largest absolute Gasteiger partial charge is 0.466 e. The van der Waals surface area contributed by atoms with Crippen LogP contribution in [-0.2, 0) is 9.53 Å². The predicted octanol–water partition coefficient (Wildman–Crippen LogP) is 5.91. The average molecular weight is 403 g/mol. The summed E-state index contributed by atoms with van der Waals surface area (Å²) in [5.41, 5.74) is 2.34. The fourth-order valence-electron chi connectivity index (χ4n) is 8.47. The number of aliphatic hydroxyl groups is 1. The lowest BCUT2D eigenvalue weighted by Gasteiger charge is -2.59. The maximum absolute atomic E-state index is 11.9. The standard InChI is InChI=1S/C26H42O3/c1-5-29-24(28)11-6-17(2)21-9-10-22-20-8-7-18-16-19(27)12-14-25(18,3)23(20)13-15-26(21,22)4/h16-17,19-23,27H,5-15H2,1-4H3/t17-,19?,20?,21-,22?,23?,25-,26+/m0/s1. The quantitative estimate of drug-likeness (QED) is 0.459. The van der Waals surface area contributed by atoms with Crippen molar-refractivity contribution in [2.45, 2.75) is 98.0 Å². The molecule has 0 aromatic rings. The number of carbonyl (C=O) groups is 1. The Hall–Kier alpha value is -0.830. The van der Waals surface area contributed by atoms with Crippen molar-refractivity contribution in [3.8, 4) is 0 Å². The third-order valence-electron chi connectivity index (χ3n) is 9.96. The molecule has 4 rings (SSSR count). The number of carbonyl (C=O) groups excluding carboxylic acids is 1. The molecule has 29 heavy (non-hydrogen) atoms. The van der Waals surface area contributed by atoms with Gasteiger partial charge in [0.05, 0.1) is 12.7 Å². The van der Waals surface area contributed by atoms with Crippen LogP contribution in [0, 0.1) is 40.4 Å². The number of hydrogen-bond acceptors (Lipinski definition) is 3. The van der Waals surface area contributed by atoms with Crippen LogP contribution in [0.4, 0.5) is 0 Å². The van der Waals surface area contributed by atoms with Crippen molar-refractivity contribution in [2.24, 2.45) is 40.4 Å². The van der Waals surface area contributed by atoms with E-state index in [1.165, 1.54) is 44.9 Å². The maximum atomic E-state index is 11.9. The van der Waals surface area contributed by atoms with Crippen LogP contribution >= 0.6 is 0 Å². The number of rotatable bonds is 5. The zero-order chi connectivity index (χ0) is 20.8. The van der Waals surface area contributed by atoms with Crippen LogP contribution in [0.5, 0.6) is 0 Å². The molecule has 3 heteroatoms. The number of hydrogen-bond donors (Lipinski definition) is 1. The molecule has 1 N–H and O–H groups in total. The van der Waals surface area contributed by atoms with Gasteiger partial charge in [-0.3, -0.25) is 4.79 Å². The number of allylic oxidation sites excluding steroid dienone is 1. The Morgan fingerprint density at radius 3 is 2.72 bits per heavy atom. The van der Waals surface area contributed by atoms with E-state index >= 15 is 0 Å². The van der Waals surface area contributed by atoms with Crippen LogP contribution in [0.3, 0.4) is 0 Å². The number of esters is 1. The molecule has 0 amide bonds. The average Bonchev–Trinajstić information content (AvgIpc) is 3.04. The minimum Gasteiger partial charge on any atom is -0.466 e. The molecule has 3 saturated carbocycles. The number of fused-ring (bicyclic) bond motifs is 5. The first-order chi connectivity index (χ1) is 13.8. The van der Waals surface area contributed by atoms with Crippen LogP contribution < -0.4 is 0 Å². The summed E-state index contributed by atoms with van der Waals surface area (Å²) in [6, 6.07) is 0. The molecular weight excluding hydrogens is 360 g/mol. The minimum absolute atomic E-state index is 0.0261. The maximum Gasteiger partial charge on any atom is 0.305 e. The SMILES string of the molecule is CCOC(=O)CC[C@H](C)[C@@H]1CCC2C3CCC4=CC(O)CC[C@]4(C)C3CC[C@@]21C. The summed E-state index contributed by atoms with van der Waals surface area (Å²) < 4.78 is 5.16. The molecule has 0 saturated heterocycles. The van der Waals surface area contributed by atoms with Gasteiger partial charge in [-0.1, -0.05) is 32.4 Å². The predicted molar refractivity (Wildman–Crippen MR) is 116 cm³/mol. The Morgan fingerprint density at radius 1 is 1.17 bits per heavy atom. The van der Waals surface area contributed by atoms with E-state index in [0.29, 0.717) is 29.8 Å².